The van der Waals surface area contributed by atoms with Crippen LogP contribution in [0.25, 0.3) is 11.0 Å². The molecule has 1 heterocycles. The molecule has 1 aliphatic carbocycles. The maximum absolute atomic E-state index is 4.70. The molecule has 2 unspecified atom stereocenters. The van der Waals surface area contributed by atoms with Gasteiger partial charge in [-0.3, -0.25) is 0 Å². The van der Waals surface area contributed by atoms with Gasteiger partial charge in [0.1, 0.15) is 0 Å². The Kier molecular flexibility index (Phi) is 3.69. The predicted molar refractivity (Wildman–Crippen MR) is 83.9 cm³/mol. The van der Waals surface area contributed by atoms with Crippen LogP contribution in [-0.2, 0) is 7.05 Å². The largest absolute Gasteiger partial charge is 0.353 e. The maximum Gasteiger partial charge on any atom is 0.203 e. The Bertz CT molecular complexity index is 564. The Labute approximate surface area is 118 Å². The third-order valence-corrected chi connectivity index (χ3v) is 5.17. The Morgan fingerprint density at radius 1 is 1.32 bits per heavy atom. The molecule has 1 aliphatic rings. The smallest absolute Gasteiger partial charge is 0.203 e. The Morgan fingerprint density at radius 3 is 2.95 bits per heavy atom. The highest BCUT2D eigenvalue weighted by atomic mass is 32.2. The minimum absolute atomic E-state index is 0.571. The van der Waals surface area contributed by atoms with Crippen LogP contribution in [0, 0.1) is 0 Å². The van der Waals surface area contributed by atoms with Gasteiger partial charge in [-0.1, -0.05) is 18.6 Å². The zero-order chi connectivity index (χ0) is 13.2. The molecule has 102 valence electrons. The van der Waals surface area contributed by atoms with Crippen LogP contribution >= 0.6 is 11.8 Å². The number of nitrogens with one attached hydrogen (secondary N) is 1. The number of nitrogens with zero attached hydrogens (tertiary/aromatic N) is 2. The molecule has 0 amide bonds. The first-order valence-electron chi connectivity index (χ1n) is 6.98. The van der Waals surface area contributed by atoms with Gasteiger partial charge >= 0.3 is 0 Å². The van der Waals surface area contributed by atoms with E-state index in [0.717, 1.165) is 16.7 Å². The fourth-order valence-electron chi connectivity index (χ4n) is 2.95. The number of aryl methyl sites for hydroxylation is 1. The van der Waals surface area contributed by atoms with Crippen LogP contribution in [0.15, 0.2) is 24.3 Å². The highest BCUT2D eigenvalue weighted by Gasteiger charge is 2.22. The number of anilines is 1. The van der Waals surface area contributed by atoms with Gasteiger partial charge in [-0.05, 0) is 37.7 Å². The van der Waals surface area contributed by atoms with Gasteiger partial charge in [-0.15, -0.1) is 0 Å². The van der Waals surface area contributed by atoms with E-state index < -0.39 is 0 Å². The maximum atomic E-state index is 4.70. The molecule has 19 heavy (non-hydrogen) atoms. The molecular weight excluding hydrogens is 254 g/mol. The van der Waals surface area contributed by atoms with Crippen LogP contribution in [0.3, 0.4) is 0 Å². The van der Waals surface area contributed by atoms with Gasteiger partial charge in [0.25, 0.3) is 0 Å². The van der Waals surface area contributed by atoms with E-state index in [1.807, 2.05) is 17.8 Å². The second-order valence-electron chi connectivity index (χ2n) is 5.35. The number of thioether (sulfide) groups is 1. The lowest BCUT2D eigenvalue weighted by Crippen LogP contribution is -2.29. The van der Waals surface area contributed by atoms with Crippen molar-refractivity contribution in [3.63, 3.8) is 0 Å². The quantitative estimate of drug-likeness (QED) is 0.927. The van der Waals surface area contributed by atoms with E-state index in [9.17, 15) is 0 Å². The zero-order valence-electron chi connectivity index (χ0n) is 11.6. The molecule has 0 spiro atoms. The van der Waals surface area contributed by atoms with Crippen LogP contribution < -0.4 is 5.32 Å². The van der Waals surface area contributed by atoms with Crippen LogP contribution in [0.5, 0.6) is 0 Å². The van der Waals surface area contributed by atoms with Crippen molar-refractivity contribution in [3.8, 4) is 0 Å². The molecule has 3 nitrogen and oxygen atoms in total. The molecule has 3 rings (SSSR count). The van der Waals surface area contributed by atoms with Crippen molar-refractivity contribution in [1.29, 1.82) is 0 Å². The van der Waals surface area contributed by atoms with E-state index in [4.69, 9.17) is 4.98 Å². The molecule has 1 aromatic carbocycles. The van der Waals surface area contributed by atoms with Gasteiger partial charge < -0.3 is 9.88 Å². The molecule has 0 aliphatic heterocycles. The number of hydrogen-bond donors (Lipinski definition) is 1. The molecule has 2 atom stereocenters. The minimum Gasteiger partial charge on any atom is -0.353 e. The lowest BCUT2D eigenvalue weighted by atomic mass is 9.95. The molecule has 0 saturated heterocycles. The summed E-state index contributed by atoms with van der Waals surface area (Å²) in [6, 6.07) is 8.88. The van der Waals surface area contributed by atoms with E-state index in [1.165, 1.54) is 31.2 Å². The van der Waals surface area contributed by atoms with E-state index in [1.54, 1.807) is 0 Å². The monoisotopic (exact) mass is 275 g/mol. The SMILES string of the molecule is CSC1CCCC(Nc2nc3ccccc3n2C)C1. The molecule has 2 aromatic rings. The average molecular weight is 275 g/mol. The molecule has 1 saturated carbocycles. The fraction of sp³-hybridized carbons (Fsp3) is 0.533. The summed E-state index contributed by atoms with van der Waals surface area (Å²) in [5.41, 5.74) is 2.27. The standard InChI is InChI=1S/C15H21N3S/c1-18-14-9-4-3-8-13(14)17-15(18)16-11-6-5-7-12(10-11)19-2/h3-4,8-9,11-12H,5-7,10H2,1-2H3,(H,16,17). The first-order valence-corrected chi connectivity index (χ1v) is 8.27. The van der Waals surface area contributed by atoms with Crippen molar-refractivity contribution >= 4 is 28.7 Å². The first-order chi connectivity index (χ1) is 9.28. The van der Waals surface area contributed by atoms with E-state index >= 15 is 0 Å². The molecule has 4 heteroatoms. The summed E-state index contributed by atoms with van der Waals surface area (Å²) < 4.78 is 2.16. The second kappa shape index (κ2) is 5.45. The number of aromatic nitrogens is 2. The molecule has 0 radical (unpaired) electrons. The summed E-state index contributed by atoms with van der Waals surface area (Å²) in [6.07, 6.45) is 7.43. The second-order valence-corrected chi connectivity index (χ2v) is 6.49. The molecule has 1 N–H and O–H groups in total. The number of fused-ring (bicyclic) bond motifs is 1. The fourth-order valence-corrected chi connectivity index (χ4v) is 3.77. The highest BCUT2D eigenvalue weighted by molar-refractivity contribution is 7.99. The Balaban J connectivity index is 1.79. The number of para-hydroxylation sites is 2. The summed E-state index contributed by atoms with van der Waals surface area (Å²) in [6.45, 7) is 0. The Hall–Kier alpha value is -1.16. The van der Waals surface area contributed by atoms with Gasteiger partial charge in [-0.2, -0.15) is 11.8 Å². The minimum atomic E-state index is 0.571. The van der Waals surface area contributed by atoms with E-state index in [2.05, 4.69) is 41.4 Å². The van der Waals surface area contributed by atoms with E-state index in [0.29, 0.717) is 6.04 Å². The lowest BCUT2D eigenvalue weighted by Gasteiger charge is -2.28. The third kappa shape index (κ3) is 2.59. The van der Waals surface area contributed by atoms with Gasteiger partial charge in [0.2, 0.25) is 5.95 Å². The summed E-state index contributed by atoms with van der Waals surface area (Å²) in [7, 11) is 2.09. The van der Waals surface area contributed by atoms with Crippen molar-refractivity contribution in [2.24, 2.45) is 7.05 Å². The molecule has 1 aromatic heterocycles. The zero-order valence-corrected chi connectivity index (χ0v) is 12.4. The van der Waals surface area contributed by atoms with Crippen molar-refractivity contribution in [2.75, 3.05) is 11.6 Å². The van der Waals surface area contributed by atoms with Crippen LogP contribution in [0.1, 0.15) is 25.7 Å². The molecule has 0 bridgehead atoms. The number of benzene rings is 1. The Morgan fingerprint density at radius 2 is 2.16 bits per heavy atom. The topological polar surface area (TPSA) is 29.9 Å². The van der Waals surface area contributed by atoms with Crippen molar-refractivity contribution < 1.29 is 0 Å². The van der Waals surface area contributed by atoms with Gasteiger partial charge in [0.15, 0.2) is 0 Å². The van der Waals surface area contributed by atoms with Gasteiger partial charge in [-0.25, -0.2) is 4.98 Å². The van der Waals surface area contributed by atoms with Crippen LogP contribution in [-0.4, -0.2) is 27.1 Å². The normalized spacial score (nSPS) is 23.7. The van der Waals surface area contributed by atoms with E-state index in [-0.39, 0.29) is 0 Å². The van der Waals surface area contributed by atoms with Crippen molar-refractivity contribution in [3.05, 3.63) is 24.3 Å². The summed E-state index contributed by atoms with van der Waals surface area (Å²) in [4.78, 5) is 4.70. The van der Waals surface area contributed by atoms with Crippen LogP contribution in [0.2, 0.25) is 0 Å². The van der Waals surface area contributed by atoms with Gasteiger partial charge in [0.05, 0.1) is 11.0 Å². The molecule has 1 fully saturated rings. The highest BCUT2D eigenvalue weighted by Crippen LogP contribution is 2.29. The summed E-state index contributed by atoms with van der Waals surface area (Å²) in [5.74, 6) is 1.01. The molecular formula is C15H21N3S. The van der Waals surface area contributed by atoms with Gasteiger partial charge in [0, 0.05) is 18.3 Å². The predicted octanol–water partition coefficient (Wildman–Crippen LogP) is 3.66. The lowest BCUT2D eigenvalue weighted by molar-refractivity contribution is 0.471. The number of imidazole rings is 1. The summed E-state index contributed by atoms with van der Waals surface area (Å²) >= 11 is 2.00. The first kappa shape index (κ1) is 12.9. The summed E-state index contributed by atoms with van der Waals surface area (Å²) in [5, 5.41) is 4.45. The third-order valence-electron chi connectivity index (χ3n) is 4.08. The van der Waals surface area contributed by atoms with Crippen LogP contribution in [0.4, 0.5) is 5.95 Å². The van der Waals surface area contributed by atoms with Crippen molar-refractivity contribution in [1.82, 2.24) is 9.55 Å². The van der Waals surface area contributed by atoms with Crippen molar-refractivity contribution in [2.45, 2.75) is 37.0 Å². The number of rotatable bonds is 3. The average Bonchev–Trinajstić information content (AvgIpc) is 2.76. The number of hydrogen-bond acceptors (Lipinski definition) is 3.